The second-order valence-corrected chi connectivity index (χ2v) is 7.96. The molecule has 0 saturated carbocycles. The van der Waals surface area contributed by atoms with Gasteiger partial charge in [0.25, 0.3) is 0 Å². The van der Waals surface area contributed by atoms with Crippen LogP contribution in [-0.2, 0) is 12.5 Å². The summed E-state index contributed by atoms with van der Waals surface area (Å²) in [4.78, 5) is 17.4. The summed E-state index contributed by atoms with van der Waals surface area (Å²) < 4.78 is 7.18. The maximum Gasteiger partial charge on any atom is 0.211 e. The Kier molecular flexibility index (Phi) is 5.11. The third-order valence-electron chi connectivity index (χ3n) is 4.64. The van der Waals surface area contributed by atoms with Crippen LogP contribution in [0.5, 0.6) is 5.75 Å². The fourth-order valence-corrected chi connectivity index (χ4v) is 3.17. The zero-order chi connectivity index (χ0) is 19.8. The van der Waals surface area contributed by atoms with Gasteiger partial charge in [-0.25, -0.2) is 4.98 Å². The number of benzene rings is 2. The van der Waals surface area contributed by atoms with Gasteiger partial charge in [0.2, 0.25) is 5.78 Å². The number of aromatic nitrogens is 2. The minimum Gasteiger partial charge on any atom is -0.496 e. The highest BCUT2D eigenvalue weighted by atomic mass is 35.5. The number of methoxy groups -OCH3 is 1. The van der Waals surface area contributed by atoms with E-state index in [2.05, 4.69) is 25.8 Å². The summed E-state index contributed by atoms with van der Waals surface area (Å²) in [6.07, 6.45) is 1.59. The van der Waals surface area contributed by atoms with Gasteiger partial charge in [-0.3, -0.25) is 4.79 Å². The van der Waals surface area contributed by atoms with Crippen molar-refractivity contribution in [1.29, 1.82) is 0 Å². The maximum absolute atomic E-state index is 13.0. The molecule has 0 amide bonds. The molecular weight excluding hydrogens is 360 g/mol. The quantitative estimate of drug-likeness (QED) is 0.577. The molecule has 3 aromatic rings. The minimum absolute atomic E-state index is 0.0460. The van der Waals surface area contributed by atoms with E-state index in [0.29, 0.717) is 27.9 Å². The molecule has 0 aliphatic carbocycles. The summed E-state index contributed by atoms with van der Waals surface area (Å²) in [7, 11) is 3.41. The average Bonchev–Trinajstić information content (AvgIpc) is 3.01. The SMILES string of the molecule is COc1ccc(Cl)cc1-c1ncc(C(=O)c2ccc(C(C)(C)C)cc2)n1C. The second-order valence-electron chi connectivity index (χ2n) is 7.53. The van der Waals surface area contributed by atoms with Crippen LogP contribution in [0.1, 0.15) is 42.4 Å². The van der Waals surface area contributed by atoms with Gasteiger partial charge in [-0.05, 0) is 29.2 Å². The van der Waals surface area contributed by atoms with Gasteiger partial charge in [-0.2, -0.15) is 0 Å². The predicted molar refractivity (Wildman–Crippen MR) is 109 cm³/mol. The van der Waals surface area contributed by atoms with Crippen LogP contribution in [0.25, 0.3) is 11.4 Å². The Balaban J connectivity index is 1.98. The first-order valence-corrected chi connectivity index (χ1v) is 9.11. The maximum atomic E-state index is 13.0. The number of carbonyl (C=O) groups excluding carboxylic acids is 1. The molecule has 0 aliphatic heterocycles. The summed E-state index contributed by atoms with van der Waals surface area (Å²) in [6.45, 7) is 6.45. The molecule has 1 aromatic heterocycles. The Labute approximate surface area is 164 Å². The number of nitrogens with zero attached hydrogens (tertiary/aromatic N) is 2. The van der Waals surface area contributed by atoms with Crippen LogP contribution in [0.15, 0.2) is 48.7 Å². The Morgan fingerprint density at radius 1 is 1.11 bits per heavy atom. The topological polar surface area (TPSA) is 44.1 Å². The van der Waals surface area contributed by atoms with E-state index in [0.717, 1.165) is 5.56 Å². The highest BCUT2D eigenvalue weighted by molar-refractivity contribution is 6.31. The van der Waals surface area contributed by atoms with Crippen molar-refractivity contribution in [3.8, 4) is 17.1 Å². The van der Waals surface area contributed by atoms with Crippen molar-refractivity contribution in [1.82, 2.24) is 9.55 Å². The van der Waals surface area contributed by atoms with Gasteiger partial charge in [0.15, 0.2) is 0 Å². The van der Waals surface area contributed by atoms with E-state index in [4.69, 9.17) is 16.3 Å². The van der Waals surface area contributed by atoms with E-state index in [1.165, 1.54) is 5.56 Å². The smallest absolute Gasteiger partial charge is 0.211 e. The van der Waals surface area contributed by atoms with Crippen LogP contribution in [0.4, 0.5) is 0 Å². The molecule has 3 rings (SSSR count). The summed E-state index contributed by atoms with van der Waals surface area (Å²) in [5.74, 6) is 1.21. The molecular formula is C22H23ClN2O2. The van der Waals surface area contributed by atoms with Crippen molar-refractivity contribution in [3.05, 3.63) is 70.5 Å². The zero-order valence-electron chi connectivity index (χ0n) is 16.2. The molecule has 0 radical (unpaired) electrons. The first-order valence-electron chi connectivity index (χ1n) is 8.73. The van der Waals surface area contributed by atoms with Crippen LogP contribution in [0.2, 0.25) is 5.02 Å². The fourth-order valence-electron chi connectivity index (χ4n) is 3.00. The lowest BCUT2D eigenvalue weighted by Crippen LogP contribution is -2.12. The molecule has 4 nitrogen and oxygen atoms in total. The van der Waals surface area contributed by atoms with E-state index < -0.39 is 0 Å². The normalized spacial score (nSPS) is 11.5. The van der Waals surface area contributed by atoms with Gasteiger partial charge < -0.3 is 9.30 Å². The molecule has 2 aromatic carbocycles. The Bertz CT molecular complexity index is 983. The minimum atomic E-state index is -0.0716. The number of carbonyl (C=O) groups is 1. The first-order chi connectivity index (χ1) is 12.7. The number of ether oxygens (including phenoxy) is 1. The Hall–Kier alpha value is -2.59. The van der Waals surface area contributed by atoms with Crippen LogP contribution in [-0.4, -0.2) is 22.4 Å². The van der Waals surface area contributed by atoms with Crippen molar-refractivity contribution in [2.24, 2.45) is 7.05 Å². The third-order valence-corrected chi connectivity index (χ3v) is 4.87. The van der Waals surface area contributed by atoms with Crippen molar-refractivity contribution in [3.63, 3.8) is 0 Å². The lowest BCUT2D eigenvalue weighted by Gasteiger charge is -2.19. The van der Waals surface area contributed by atoms with Gasteiger partial charge in [0, 0.05) is 17.6 Å². The Morgan fingerprint density at radius 2 is 1.78 bits per heavy atom. The number of imidazole rings is 1. The standard InChI is InChI=1S/C22H23ClN2O2/c1-22(2,3)15-8-6-14(7-9-15)20(26)18-13-24-21(25(18)4)17-12-16(23)10-11-19(17)27-5/h6-13H,1-5H3. The van der Waals surface area contributed by atoms with Crippen molar-refractivity contribution < 1.29 is 9.53 Å². The molecule has 0 N–H and O–H groups in total. The number of hydrogen-bond donors (Lipinski definition) is 0. The summed E-state index contributed by atoms with van der Waals surface area (Å²) >= 11 is 6.13. The molecule has 1 heterocycles. The van der Waals surface area contributed by atoms with E-state index in [-0.39, 0.29) is 11.2 Å². The van der Waals surface area contributed by atoms with E-state index >= 15 is 0 Å². The van der Waals surface area contributed by atoms with Gasteiger partial charge >= 0.3 is 0 Å². The van der Waals surface area contributed by atoms with Gasteiger partial charge in [0.05, 0.1) is 18.9 Å². The monoisotopic (exact) mass is 382 g/mol. The average molecular weight is 383 g/mol. The fraction of sp³-hybridized carbons (Fsp3) is 0.273. The lowest BCUT2D eigenvalue weighted by molar-refractivity contribution is 0.103. The Morgan fingerprint density at radius 3 is 2.37 bits per heavy atom. The molecule has 27 heavy (non-hydrogen) atoms. The van der Waals surface area contributed by atoms with Gasteiger partial charge in [-0.1, -0.05) is 56.6 Å². The van der Waals surface area contributed by atoms with Crippen molar-refractivity contribution in [2.45, 2.75) is 26.2 Å². The molecule has 5 heteroatoms. The number of rotatable bonds is 4. The van der Waals surface area contributed by atoms with Crippen molar-refractivity contribution >= 4 is 17.4 Å². The molecule has 0 unspecified atom stereocenters. The number of halogens is 1. The van der Waals surface area contributed by atoms with Crippen LogP contribution in [0.3, 0.4) is 0 Å². The van der Waals surface area contributed by atoms with Gasteiger partial charge in [-0.15, -0.1) is 0 Å². The number of ketones is 1. The first kappa shape index (κ1) is 19.2. The zero-order valence-corrected chi connectivity index (χ0v) is 17.0. The summed E-state index contributed by atoms with van der Waals surface area (Å²) in [6, 6.07) is 13.1. The highest BCUT2D eigenvalue weighted by Gasteiger charge is 2.20. The second kappa shape index (κ2) is 7.20. The van der Waals surface area contributed by atoms with E-state index in [9.17, 15) is 4.79 Å². The molecule has 0 fully saturated rings. The number of hydrogen-bond acceptors (Lipinski definition) is 3. The summed E-state index contributed by atoms with van der Waals surface area (Å²) in [5.41, 5.74) is 3.12. The molecule has 0 aliphatic rings. The molecule has 0 bridgehead atoms. The van der Waals surface area contributed by atoms with Gasteiger partial charge in [0.1, 0.15) is 17.3 Å². The van der Waals surface area contributed by atoms with E-state index in [1.807, 2.05) is 31.3 Å². The summed E-state index contributed by atoms with van der Waals surface area (Å²) in [5, 5.41) is 0.583. The van der Waals surface area contributed by atoms with Crippen LogP contribution in [0, 0.1) is 0 Å². The highest BCUT2D eigenvalue weighted by Crippen LogP contribution is 2.32. The predicted octanol–water partition coefficient (Wildman–Crippen LogP) is 5.28. The third kappa shape index (κ3) is 3.76. The van der Waals surface area contributed by atoms with Crippen molar-refractivity contribution in [2.75, 3.05) is 7.11 Å². The van der Waals surface area contributed by atoms with Crippen LogP contribution >= 0.6 is 11.6 Å². The van der Waals surface area contributed by atoms with Crippen LogP contribution < -0.4 is 4.74 Å². The molecule has 0 atom stereocenters. The molecule has 0 saturated heterocycles. The lowest BCUT2D eigenvalue weighted by atomic mass is 9.86. The largest absolute Gasteiger partial charge is 0.496 e. The molecule has 0 spiro atoms. The van der Waals surface area contributed by atoms with E-state index in [1.54, 1.807) is 36.1 Å². The molecule has 140 valence electrons.